The van der Waals surface area contributed by atoms with E-state index in [1.807, 2.05) is 6.20 Å². The van der Waals surface area contributed by atoms with Crippen LogP contribution in [0.25, 0.3) is 11.3 Å². The summed E-state index contributed by atoms with van der Waals surface area (Å²) in [6.45, 7) is 8.97. The molecule has 102 valence electrons. The fourth-order valence-corrected chi connectivity index (χ4v) is 2.22. The molecule has 0 aliphatic rings. The summed E-state index contributed by atoms with van der Waals surface area (Å²) in [6.07, 6.45) is 2.03. The molecule has 0 aliphatic carbocycles. The molecule has 1 heterocycles. The Morgan fingerprint density at radius 2 is 1.60 bits per heavy atom. The van der Waals surface area contributed by atoms with Gasteiger partial charge in [-0.1, -0.05) is 56.3 Å². The van der Waals surface area contributed by atoms with Gasteiger partial charge in [-0.3, -0.25) is 4.98 Å². The van der Waals surface area contributed by atoms with Crippen LogP contribution in [0.5, 0.6) is 0 Å². The molecule has 0 saturated carbocycles. The summed E-state index contributed by atoms with van der Waals surface area (Å²) in [4.78, 5) is 4.69. The van der Waals surface area contributed by atoms with E-state index in [1.165, 1.54) is 16.7 Å². The molecular weight excluding hydrogens is 240 g/mol. The second-order valence-electron chi connectivity index (χ2n) is 7.12. The molecule has 0 unspecified atom stereocenters. The first kappa shape index (κ1) is 14.9. The minimum Gasteiger partial charge on any atom is -0.256 e. The van der Waals surface area contributed by atoms with Crippen molar-refractivity contribution in [2.75, 3.05) is 0 Å². The Balaban J connectivity index is 2.39. The first-order valence-corrected chi connectivity index (χ1v) is 7.26. The number of aromatic nitrogens is 1. The Morgan fingerprint density at radius 1 is 0.950 bits per heavy atom. The highest BCUT2D eigenvalue weighted by atomic mass is 14.7. The third kappa shape index (κ3) is 2.67. The zero-order chi connectivity index (χ0) is 15.0. The molecule has 1 aromatic heterocycles. The van der Waals surface area contributed by atoms with Crippen LogP contribution in [0.3, 0.4) is 0 Å². The molecule has 2 rings (SSSR count). The Bertz CT molecular complexity index is 595. The standard InChI is InChI=1S/C17H23B2N/c1-12-7-5-6-8-14(12)15-10-9-13(11-20-15)17(18,19)16(2,3)4/h5-11H,18-19H2,1-4H3. The topological polar surface area (TPSA) is 12.9 Å². The van der Waals surface area contributed by atoms with Crippen LogP contribution in [0.4, 0.5) is 0 Å². The largest absolute Gasteiger partial charge is 0.256 e. The number of nitrogens with zero attached hydrogens (tertiary/aromatic N) is 1. The third-order valence-corrected chi connectivity index (χ3v) is 4.78. The second kappa shape index (κ2) is 5.12. The van der Waals surface area contributed by atoms with Crippen molar-refractivity contribution in [1.29, 1.82) is 0 Å². The van der Waals surface area contributed by atoms with Gasteiger partial charge in [0, 0.05) is 11.8 Å². The van der Waals surface area contributed by atoms with Gasteiger partial charge in [0.15, 0.2) is 0 Å². The van der Waals surface area contributed by atoms with E-state index in [1.54, 1.807) is 0 Å². The monoisotopic (exact) mass is 263 g/mol. The van der Waals surface area contributed by atoms with Gasteiger partial charge in [-0.05, 0) is 29.5 Å². The summed E-state index contributed by atoms with van der Waals surface area (Å²) >= 11 is 0. The van der Waals surface area contributed by atoms with Gasteiger partial charge in [0.25, 0.3) is 0 Å². The summed E-state index contributed by atoms with van der Waals surface area (Å²) in [7, 11) is 4.58. The molecule has 0 atom stereocenters. The van der Waals surface area contributed by atoms with Gasteiger partial charge in [-0.2, -0.15) is 0 Å². The normalized spacial score (nSPS) is 12.4. The van der Waals surface area contributed by atoms with Crippen LogP contribution >= 0.6 is 0 Å². The van der Waals surface area contributed by atoms with Gasteiger partial charge < -0.3 is 0 Å². The smallest absolute Gasteiger partial charge is 0.105 e. The van der Waals surface area contributed by atoms with Crippen molar-refractivity contribution < 1.29 is 0 Å². The van der Waals surface area contributed by atoms with Crippen molar-refractivity contribution in [1.82, 2.24) is 4.98 Å². The Kier molecular flexibility index (Phi) is 3.82. The van der Waals surface area contributed by atoms with Gasteiger partial charge in [0.05, 0.1) is 5.69 Å². The summed E-state index contributed by atoms with van der Waals surface area (Å²) in [5.41, 5.74) is 5.04. The van der Waals surface area contributed by atoms with Gasteiger partial charge >= 0.3 is 0 Å². The molecule has 0 saturated heterocycles. The molecule has 0 radical (unpaired) electrons. The van der Waals surface area contributed by atoms with Crippen molar-refractivity contribution in [2.45, 2.75) is 32.9 Å². The Morgan fingerprint density at radius 3 is 2.10 bits per heavy atom. The maximum Gasteiger partial charge on any atom is 0.105 e. The van der Waals surface area contributed by atoms with Crippen LogP contribution in [0, 0.1) is 12.3 Å². The number of aryl methyl sites for hydroxylation is 1. The summed E-state index contributed by atoms with van der Waals surface area (Å²) < 4.78 is 0. The van der Waals surface area contributed by atoms with Crippen LogP contribution < -0.4 is 0 Å². The number of hydrogen-bond donors (Lipinski definition) is 0. The number of benzene rings is 1. The molecule has 1 aromatic carbocycles. The lowest BCUT2D eigenvalue weighted by atomic mass is 9.41. The quantitative estimate of drug-likeness (QED) is 0.758. The van der Waals surface area contributed by atoms with Crippen molar-refractivity contribution in [3.8, 4) is 11.3 Å². The highest BCUT2D eigenvalue weighted by Gasteiger charge is 2.34. The molecule has 3 heteroatoms. The van der Waals surface area contributed by atoms with Gasteiger partial charge in [-0.25, -0.2) is 0 Å². The lowest BCUT2D eigenvalue weighted by Gasteiger charge is -2.39. The minimum absolute atomic E-state index is 0.101. The van der Waals surface area contributed by atoms with Crippen LogP contribution in [0.2, 0.25) is 0 Å². The molecule has 0 spiro atoms. The number of hydrogen-bond acceptors (Lipinski definition) is 1. The molecule has 0 amide bonds. The van der Waals surface area contributed by atoms with Crippen LogP contribution in [0.1, 0.15) is 31.9 Å². The molecule has 0 N–H and O–H groups in total. The van der Waals surface area contributed by atoms with Crippen molar-refractivity contribution in [2.24, 2.45) is 5.41 Å². The maximum atomic E-state index is 4.69. The van der Waals surface area contributed by atoms with E-state index in [9.17, 15) is 0 Å². The molecule has 0 fully saturated rings. The molecule has 0 aliphatic heterocycles. The fourth-order valence-electron chi connectivity index (χ4n) is 2.22. The lowest BCUT2D eigenvalue weighted by Crippen LogP contribution is -2.41. The highest BCUT2D eigenvalue weighted by molar-refractivity contribution is 6.40. The van der Waals surface area contributed by atoms with Crippen LogP contribution in [0.15, 0.2) is 42.6 Å². The average Bonchev–Trinajstić information content (AvgIpc) is 2.38. The van der Waals surface area contributed by atoms with Gasteiger partial charge in [0.2, 0.25) is 0 Å². The SMILES string of the molecule is BC(B)(c1ccc(-c2ccccc2C)nc1)C(C)(C)C. The molecule has 2 aromatic rings. The second-order valence-corrected chi connectivity index (χ2v) is 7.12. The molecule has 1 nitrogen and oxygen atoms in total. The zero-order valence-corrected chi connectivity index (χ0v) is 13.5. The number of pyridine rings is 1. The Hall–Kier alpha value is -1.50. The van der Waals surface area contributed by atoms with E-state index in [0.29, 0.717) is 0 Å². The van der Waals surface area contributed by atoms with E-state index >= 15 is 0 Å². The Labute approximate surface area is 124 Å². The maximum absolute atomic E-state index is 4.69. The minimum atomic E-state index is 0.101. The van der Waals surface area contributed by atoms with E-state index in [-0.39, 0.29) is 10.6 Å². The van der Waals surface area contributed by atoms with Crippen molar-refractivity contribution >= 4 is 15.7 Å². The third-order valence-electron chi connectivity index (χ3n) is 4.78. The first-order chi connectivity index (χ1) is 9.23. The van der Waals surface area contributed by atoms with Crippen molar-refractivity contribution in [3.05, 3.63) is 53.7 Å². The molecule has 20 heavy (non-hydrogen) atoms. The first-order valence-electron chi connectivity index (χ1n) is 7.26. The zero-order valence-electron chi connectivity index (χ0n) is 13.5. The predicted molar refractivity (Wildman–Crippen MR) is 92.6 cm³/mol. The molecular formula is C17H23B2N. The lowest BCUT2D eigenvalue weighted by molar-refractivity contribution is 0.358. The predicted octanol–water partition coefficient (Wildman–Crippen LogP) is 2.52. The van der Waals surface area contributed by atoms with Crippen molar-refractivity contribution in [3.63, 3.8) is 0 Å². The number of rotatable bonds is 2. The highest BCUT2D eigenvalue weighted by Crippen LogP contribution is 2.36. The molecule has 0 bridgehead atoms. The van der Waals surface area contributed by atoms with Crippen LogP contribution in [-0.2, 0) is 5.21 Å². The van der Waals surface area contributed by atoms with E-state index in [4.69, 9.17) is 0 Å². The average molecular weight is 263 g/mol. The summed E-state index contributed by atoms with van der Waals surface area (Å²) in [5.74, 6) is 0. The summed E-state index contributed by atoms with van der Waals surface area (Å²) in [6, 6.07) is 12.8. The van der Waals surface area contributed by atoms with E-state index < -0.39 is 0 Å². The summed E-state index contributed by atoms with van der Waals surface area (Å²) in [5, 5.41) is 0.101. The fraction of sp³-hybridized carbons (Fsp3) is 0.353. The van der Waals surface area contributed by atoms with Crippen LogP contribution in [-0.4, -0.2) is 20.7 Å². The van der Waals surface area contributed by atoms with E-state index in [2.05, 4.69) is 84.8 Å². The van der Waals surface area contributed by atoms with Gasteiger partial charge in [-0.15, -0.1) is 0 Å². The van der Waals surface area contributed by atoms with E-state index in [0.717, 1.165) is 5.69 Å². The van der Waals surface area contributed by atoms with Gasteiger partial charge in [0.1, 0.15) is 15.7 Å².